The van der Waals surface area contributed by atoms with Gasteiger partial charge in [-0.3, -0.25) is 4.79 Å². The van der Waals surface area contributed by atoms with E-state index in [2.05, 4.69) is 58.9 Å². The summed E-state index contributed by atoms with van der Waals surface area (Å²) in [6, 6.07) is 10.9. The van der Waals surface area contributed by atoms with E-state index in [0.717, 1.165) is 23.3 Å². The van der Waals surface area contributed by atoms with Crippen LogP contribution in [0.4, 0.5) is 0 Å². The fourth-order valence-electron chi connectivity index (χ4n) is 12.0. The molecule has 1 N–H and O–H groups in total. The Morgan fingerprint density at radius 2 is 1.56 bits per heavy atom. The van der Waals surface area contributed by atoms with Crippen LogP contribution in [0.25, 0.3) is 0 Å². The number of carbonyl (C=O) groups excluding carboxylic acids is 1. The lowest BCUT2D eigenvalue weighted by Gasteiger charge is -2.64. The van der Waals surface area contributed by atoms with Gasteiger partial charge in [-0.15, -0.1) is 0 Å². The average molecular weight is 491 g/mol. The molecule has 0 heterocycles. The second kappa shape index (κ2) is 7.84. The summed E-state index contributed by atoms with van der Waals surface area (Å²) in [7, 11) is 4.23. The van der Waals surface area contributed by atoms with Gasteiger partial charge in [0.05, 0.1) is 0 Å². The fourth-order valence-corrected chi connectivity index (χ4v) is 12.0. The first-order valence-corrected chi connectivity index (χ1v) is 15.0. The zero-order valence-electron chi connectivity index (χ0n) is 24.0. The normalized spacial score (nSPS) is 47.1. The van der Waals surface area contributed by atoms with E-state index in [4.69, 9.17) is 0 Å². The quantitative estimate of drug-likeness (QED) is 0.485. The lowest BCUT2D eigenvalue weighted by atomic mass is 9.41. The SMILES string of the molecule is CN[C@@H](C)[C@H]1CC[C@@]2(C)[C@@H]3CC[C@H]4C(C)(C)[C@@H](N(C)C(=O)c5ccccc5)CC[C@@]45C[C@@]35CC[C@]12C. The van der Waals surface area contributed by atoms with E-state index in [9.17, 15) is 4.79 Å². The lowest BCUT2D eigenvalue weighted by Crippen LogP contribution is -2.60. The number of fused-ring (bicyclic) bond motifs is 2. The van der Waals surface area contributed by atoms with Crippen molar-refractivity contribution in [3.63, 3.8) is 0 Å². The van der Waals surface area contributed by atoms with Gasteiger partial charge in [0.2, 0.25) is 0 Å². The molecule has 0 aromatic heterocycles. The van der Waals surface area contributed by atoms with E-state index in [0.29, 0.717) is 33.7 Å². The summed E-state index contributed by atoms with van der Waals surface area (Å²) in [6.45, 7) is 12.9. The summed E-state index contributed by atoms with van der Waals surface area (Å²) in [4.78, 5) is 15.6. The number of carbonyl (C=O) groups is 1. The van der Waals surface area contributed by atoms with Gasteiger partial charge in [-0.1, -0.05) is 45.9 Å². The van der Waals surface area contributed by atoms with Crippen LogP contribution in [-0.4, -0.2) is 37.0 Å². The Bertz CT molecular complexity index is 1040. The van der Waals surface area contributed by atoms with Crippen molar-refractivity contribution in [2.45, 2.75) is 104 Å². The minimum absolute atomic E-state index is 0.159. The maximum Gasteiger partial charge on any atom is 0.253 e. The van der Waals surface area contributed by atoms with Crippen LogP contribution in [0, 0.1) is 44.8 Å². The van der Waals surface area contributed by atoms with Crippen molar-refractivity contribution in [3.8, 4) is 0 Å². The Kier molecular flexibility index (Phi) is 5.43. The van der Waals surface area contributed by atoms with Crippen molar-refractivity contribution in [1.29, 1.82) is 0 Å². The van der Waals surface area contributed by atoms with Crippen molar-refractivity contribution in [1.82, 2.24) is 10.2 Å². The molecule has 0 radical (unpaired) electrons. The molecule has 6 rings (SSSR count). The Balaban J connectivity index is 1.28. The summed E-state index contributed by atoms with van der Waals surface area (Å²) < 4.78 is 0. The van der Waals surface area contributed by atoms with E-state index < -0.39 is 0 Å². The summed E-state index contributed by atoms with van der Waals surface area (Å²) in [5.74, 6) is 2.64. The molecular weight excluding hydrogens is 440 g/mol. The molecule has 5 fully saturated rings. The summed E-state index contributed by atoms with van der Waals surface area (Å²) in [5, 5.41) is 3.63. The average Bonchev–Trinajstić information content (AvgIpc) is 3.45. The second-order valence-corrected chi connectivity index (χ2v) is 14.9. The summed E-state index contributed by atoms with van der Waals surface area (Å²) in [5.41, 5.74) is 3.05. The van der Waals surface area contributed by atoms with Gasteiger partial charge in [0.15, 0.2) is 0 Å². The van der Waals surface area contributed by atoms with Crippen LogP contribution >= 0.6 is 0 Å². The minimum atomic E-state index is 0.159. The second-order valence-electron chi connectivity index (χ2n) is 14.9. The third kappa shape index (κ3) is 2.88. The molecule has 36 heavy (non-hydrogen) atoms. The maximum atomic E-state index is 13.4. The van der Waals surface area contributed by atoms with Crippen LogP contribution in [0.5, 0.6) is 0 Å². The van der Waals surface area contributed by atoms with Crippen molar-refractivity contribution in [3.05, 3.63) is 35.9 Å². The number of hydrogen-bond donors (Lipinski definition) is 1. The first-order chi connectivity index (χ1) is 17.0. The molecule has 0 saturated heterocycles. The summed E-state index contributed by atoms with van der Waals surface area (Å²) in [6.07, 6.45) is 12.4. The third-order valence-electron chi connectivity index (χ3n) is 14.0. The van der Waals surface area contributed by atoms with Crippen LogP contribution in [-0.2, 0) is 0 Å². The Morgan fingerprint density at radius 1 is 0.889 bits per heavy atom. The van der Waals surface area contributed by atoms with Crippen LogP contribution in [0.15, 0.2) is 30.3 Å². The molecule has 2 spiro atoms. The highest BCUT2D eigenvalue weighted by Gasteiger charge is 2.82. The molecule has 9 atom stereocenters. The zero-order chi connectivity index (χ0) is 25.7. The van der Waals surface area contributed by atoms with Gasteiger partial charge in [-0.2, -0.15) is 0 Å². The van der Waals surface area contributed by atoms with Gasteiger partial charge < -0.3 is 10.2 Å². The molecule has 198 valence electrons. The van der Waals surface area contributed by atoms with Gasteiger partial charge in [0.25, 0.3) is 5.91 Å². The molecule has 3 nitrogen and oxygen atoms in total. The van der Waals surface area contributed by atoms with Crippen molar-refractivity contribution < 1.29 is 4.79 Å². The van der Waals surface area contributed by atoms with E-state index in [1.54, 1.807) is 0 Å². The zero-order valence-corrected chi connectivity index (χ0v) is 24.0. The Morgan fingerprint density at radius 3 is 2.25 bits per heavy atom. The maximum absolute atomic E-state index is 13.4. The van der Waals surface area contributed by atoms with Crippen LogP contribution < -0.4 is 5.32 Å². The van der Waals surface area contributed by atoms with Gasteiger partial charge >= 0.3 is 0 Å². The Hall–Kier alpha value is -1.35. The highest BCUT2D eigenvalue weighted by molar-refractivity contribution is 5.94. The van der Waals surface area contributed by atoms with Crippen LogP contribution in [0.1, 0.15) is 103 Å². The minimum Gasteiger partial charge on any atom is -0.338 e. The predicted octanol–water partition coefficient (Wildman–Crippen LogP) is 7.17. The molecule has 1 aromatic carbocycles. The third-order valence-corrected chi connectivity index (χ3v) is 14.0. The molecule has 5 aliphatic rings. The topological polar surface area (TPSA) is 32.3 Å². The first kappa shape index (κ1) is 25.0. The monoisotopic (exact) mass is 490 g/mol. The van der Waals surface area contributed by atoms with Crippen molar-refractivity contribution >= 4 is 5.91 Å². The highest BCUT2D eigenvalue weighted by atomic mass is 16.2. The number of amides is 1. The molecule has 0 unspecified atom stereocenters. The largest absolute Gasteiger partial charge is 0.338 e. The molecule has 0 bridgehead atoms. The smallest absolute Gasteiger partial charge is 0.253 e. The van der Waals surface area contributed by atoms with E-state index >= 15 is 0 Å². The van der Waals surface area contributed by atoms with Gasteiger partial charge in [0.1, 0.15) is 0 Å². The van der Waals surface area contributed by atoms with E-state index in [1.165, 1.54) is 57.8 Å². The Labute approximate surface area is 220 Å². The molecule has 1 aromatic rings. The van der Waals surface area contributed by atoms with Crippen LogP contribution in [0.2, 0.25) is 0 Å². The van der Waals surface area contributed by atoms with E-state index in [-0.39, 0.29) is 11.3 Å². The lowest BCUT2D eigenvalue weighted by molar-refractivity contribution is -0.149. The fraction of sp³-hybridized carbons (Fsp3) is 0.788. The molecule has 1 amide bonds. The number of nitrogens with zero attached hydrogens (tertiary/aromatic N) is 1. The highest BCUT2D eigenvalue weighted by Crippen LogP contribution is 2.89. The molecule has 0 aliphatic heterocycles. The summed E-state index contributed by atoms with van der Waals surface area (Å²) >= 11 is 0. The van der Waals surface area contributed by atoms with Gasteiger partial charge in [0, 0.05) is 24.7 Å². The van der Waals surface area contributed by atoms with Gasteiger partial charge in [-0.25, -0.2) is 0 Å². The molecule has 5 aliphatic carbocycles. The first-order valence-electron chi connectivity index (χ1n) is 15.0. The predicted molar refractivity (Wildman–Crippen MR) is 148 cm³/mol. The number of nitrogens with one attached hydrogen (secondary N) is 1. The number of hydrogen-bond acceptors (Lipinski definition) is 2. The number of rotatable bonds is 4. The molecule has 5 saturated carbocycles. The number of benzene rings is 1. The molecular formula is C33H50N2O. The molecule has 3 heteroatoms. The van der Waals surface area contributed by atoms with Gasteiger partial charge in [-0.05, 0) is 129 Å². The van der Waals surface area contributed by atoms with Crippen LogP contribution in [0.3, 0.4) is 0 Å². The van der Waals surface area contributed by atoms with E-state index in [1.807, 2.05) is 30.3 Å². The standard InChI is InChI=1S/C33H50N2O/c1-22(34-6)24-15-17-31(5)26-14-13-25-29(2,3)27(35(7)28(36)23-11-9-8-10-12-23)16-18-32(25)21-33(26,32)20-19-30(24,31)4/h8-12,22,24-27,34H,13-21H2,1-7H3/t22-,24+,25-,26-,27-,30+,31-,32+,33-/m0/s1. The van der Waals surface area contributed by atoms with Crippen molar-refractivity contribution in [2.24, 2.45) is 44.8 Å². The van der Waals surface area contributed by atoms with Crippen molar-refractivity contribution in [2.75, 3.05) is 14.1 Å².